The number of hydrogen-bond donors (Lipinski definition) is 1. The zero-order valence-electron chi connectivity index (χ0n) is 11.0. The third-order valence-corrected chi connectivity index (χ3v) is 3.81. The second-order valence-corrected chi connectivity index (χ2v) is 5.30. The number of nitrogens with zero attached hydrogens (tertiary/aromatic N) is 2. The molecule has 1 aromatic heterocycles. The highest BCUT2D eigenvalue weighted by Gasteiger charge is 2.34. The maximum Gasteiger partial charge on any atom is 0.335 e. The average molecular weight is 260 g/mol. The van der Waals surface area contributed by atoms with E-state index in [9.17, 15) is 4.79 Å². The highest BCUT2D eigenvalue weighted by molar-refractivity contribution is 5.92. The van der Waals surface area contributed by atoms with Crippen LogP contribution < -0.4 is 0 Å². The molecule has 1 N–H and O–H groups in total. The van der Waals surface area contributed by atoms with Crippen LogP contribution >= 0.6 is 0 Å². The number of aryl methyl sites for hydroxylation is 1. The summed E-state index contributed by atoms with van der Waals surface area (Å²) in [6.07, 6.45) is 0.913. The van der Waals surface area contributed by atoms with E-state index in [-0.39, 0.29) is 11.1 Å². The maximum absolute atomic E-state index is 11.1. The van der Waals surface area contributed by atoms with Crippen LogP contribution in [0.25, 0.3) is 11.0 Å². The first-order chi connectivity index (χ1) is 9.01. The van der Waals surface area contributed by atoms with E-state index in [1.54, 1.807) is 18.2 Å². The summed E-state index contributed by atoms with van der Waals surface area (Å²) in [5.41, 5.74) is 1.84. The van der Waals surface area contributed by atoms with Crippen molar-refractivity contribution in [3.05, 3.63) is 29.6 Å². The Morgan fingerprint density at radius 1 is 1.53 bits per heavy atom. The summed E-state index contributed by atoms with van der Waals surface area (Å²) in [6, 6.07) is 5.05. The predicted molar refractivity (Wildman–Crippen MR) is 70.5 cm³/mol. The fourth-order valence-electron chi connectivity index (χ4n) is 2.84. The van der Waals surface area contributed by atoms with Gasteiger partial charge in [-0.2, -0.15) is 0 Å². The number of ether oxygens (including phenoxy) is 1. The Morgan fingerprint density at radius 3 is 2.95 bits per heavy atom. The fraction of sp³-hybridized carbons (Fsp3) is 0.429. The van der Waals surface area contributed by atoms with Crippen LogP contribution in [-0.2, 0) is 10.3 Å². The SMILES string of the molecule is Cc1nc2ccc(C(=O)O)cc2n1C1(C)CCOC1. The highest BCUT2D eigenvalue weighted by atomic mass is 16.5. The lowest BCUT2D eigenvalue weighted by Gasteiger charge is -2.26. The molecule has 5 nitrogen and oxygen atoms in total. The van der Waals surface area contributed by atoms with Crippen molar-refractivity contribution in [1.82, 2.24) is 9.55 Å². The second kappa shape index (κ2) is 4.06. The number of carbonyl (C=O) groups is 1. The molecular formula is C14H16N2O3. The molecule has 1 unspecified atom stereocenters. The van der Waals surface area contributed by atoms with Gasteiger partial charge in [0.05, 0.1) is 28.7 Å². The molecule has 0 radical (unpaired) electrons. The van der Waals surface area contributed by atoms with Crippen LogP contribution in [0, 0.1) is 6.92 Å². The lowest BCUT2D eigenvalue weighted by molar-refractivity contribution is 0.0697. The molecule has 100 valence electrons. The van der Waals surface area contributed by atoms with Gasteiger partial charge in [0.1, 0.15) is 5.82 Å². The van der Waals surface area contributed by atoms with Gasteiger partial charge in [0.15, 0.2) is 0 Å². The summed E-state index contributed by atoms with van der Waals surface area (Å²) >= 11 is 0. The summed E-state index contributed by atoms with van der Waals surface area (Å²) in [4.78, 5) is 15.6. The molecule has 1 aliphatic heterocycles. The van der Waals surface area contributed by atoms with Crippen molar-refractivity contribution in [2.75, 3.05) is 13.2 Å². The van der Waals surface area contributed by atoms with Crippen molar-refractivity contribution in [3.63, 3.8) is 0 Å². The Labute approximate surface area is 110 Å². The third-order valence-electron chi connectivity index (χ3n) is 3.81. The molecule has 2 heterocycles. The molecule has 0 saturated carbocycles. The Morgan fingerprint density at radius 2 is 2.32 bits per heavy atom. The zero-order chi connectivity index (χ0) is 13.6. The molecule has 5 heteroatoms. The second-order valence-electron chi connectivity index (χ2n) is 5.30. The number of aromatic nitrogens is 2. The number of hydrogen-bond acceptors (Lipinski definition) is 3. The van der Waals surface area contributed by atoms with Crippen molar-refractivity contribution in [3.8, 4) is 0 Å². The minimum Gasteiger partial charge on any atom is -0.478 e. The summed E-state index contributed by atoms with van der Waals surface area (Å²) in [7, 11) is 0. The molecule has 2 aromatic rings. The number of benzene rings is 1. The molecule has 3 rings (SSSR count). The fourth-order valence-corrected chi connectivity index (χ4v) is 2.84. The number of aromatic carboxylic acids is 1. The number of carboxylic acid groups (broad SMARTS) is 1. The van der Waals surface area contributed by atoms with Gasteiger partial charge >= 0.3 is 5.97 Å². The van der Waals surface area contributed by atoms with Crippen molar-refractivity contribution in [2.24, 2.45) is 0 Å². The van der Waals surface area contributed by atoms with Crippen LogP contribution in [0.5, 0.6) is 0 Å². The van der Waals surface area contributed by atoms with Gasteiger partial charge in [-0.05, 0) is 38.5 Å². The number of carboxylic acids is 1. The van der Waals surface area contributed by atoms with E-state index >= 15 is 0 Å². The predicted octanol–water partition coefficient (Wildman–Crippen LogP) is 2.18. The van der Waals surface area contributed by atoms with Gasteiger partial charge in [0, 0.05) is 6.61 Å². The Bertz CT molecular complexity index is 654. The van der Waals surface area contributed by atoms with Crippen LogP contribution in [-0.4, -0.2) is 33.8 Å². The van der Waals surface area contributed by atoms with Crippen molar-refractivity contribution in [1.29, 1.82) is 0 Å². The van der Waals surface area contributed by atoms with Crippen LogP contribution in [0.1, 0.15) is 29.5 Å². The minimum atomic E-state index is -0.917. The van der Waals surface area contributed by atoms with Gasteiger partial charge in [-0.1, -0.05) is 0 Å². The molecule has 0 amide bonds. The molecule has 0 aliphatic carbocycles. The van der Waals surface area contributed by atoms with E-state index in [2.05, 4.69) is 16.5 Å². The van der Waals surface area contributed by atoms with Crippen molar-refractivity contribution < 1.29 is 14.6 Å². The minimum absolute atomic E-state index is 0.143. The quantitative estimate of drug-likeness (QED) is 0.898. The normalized spacial score (nSPS) is 23.1. The largest absolute Gasteiger partial charge is 0.478 e. The lowest BCUT2D eigenvalue weighted by Crippen LogP contribution is -2.31. The van der Waals surface area contributed by atoms with E-state index in [1.807, 2.05) is 6.92 Å². The van der Waals surface area contributed by atoms with Gasteiger partial charge in [0.2, 0.25) is 0 Å². The molecule has 1 saturated heterocycles. The smallest absolute Gasteiger partial charge is 0.335 e. The molecule has 0 bridgehead atoms. The van der Waals surface area contributed by atoms with Crippen LogP contribution in [0.4, 0.5) is 0 Å². The first-order valence-electron chi connectivity index (χ1n) is 6.32. The van der Waals surface area contributed by atoms with Crippen LogP contribution in [0.3, 0.4) is 0 Å². The monoisotopic (exact) mass is 260 g/mol. The van der Waals surface area contributed by atoms with Gasteiger partial charge in [-0.15, -0.1) is 0 Å². The molecular weight excluding hydrogens is 244 g/mol. The third kappa shape index (κ3) is 1.81. The summed E-state index contributed by atoms with van der Waals surface area (Å²) in [5.74, 6) is -0.0225. The van der Waals surface area contributed by atoms with E-state index in [4.69, 9.17) is 9.84 Å². The Hall–Kier alpha value is -1.88. The van der Waals surface area contributed by atoms with Gasteiger partial charge in [-0.3, -0.25) is 0 Å². The zero-order valence-corrected chi connectivity index (χ0v) is 11.0. The van der Waals surface area contributed by atoms with E-state index < -0.39 is 5.97 Å². The highest BCUT2D eigenvalue weighted by Crippen LogP contribution is 2.32. The van der Waals surface area contributed by atoms with E-state index in [1.165, 1.54) is 0 Å². The molecule has 1 aliphatic rings. The summed E-state index contributed by atoms with van der Waals surface area (Å²) in [5, 5.41) is 9.12. The first-order valence-corrected chi connectivity index (χ1v) is 6.32. The molecule has 1 fully saturated rings. The molecule has 19 heavy (non-hydrogen) atoms. The van der Waals surface area contributed by atoms with Crippen LogP contribution in [0.2, 0.25) is 0 Å². The van der Waals surface area contributed by atoms with E-state index in [0.717, 1.165) is 29.9 Å². The number of rotatable bonds is 2. The molecule has 1 atom stereocenters. The van der Waals surface area contributed by atoms with Crippen molar-refractivity contribution >= 4 is 17.0 Å². The number of imidazole rings is 1. The van der Waals surface area contributed by atoms with Crippen molar-refractivity contribution in [2.45, 2.75) is 25.8 Å². The Balaban J connectivity index is 2.25. The summed E-state index contributed by atoms with van der Waals surface area (Å²) in [6.45, 7) is 5.44. The topological polar surface area (TPSA) is 64.3 Å². The first kappa shape index (κ1) is 12.2. The average Bonchev–Trinajstić information content (AvgIpc) is 2.91. The van der Waals surface area contributed by atoms with Gasteiger partial charge in [-0.25, -0.2) is 9.78 Å². The Kier molecular flexibility index (Phi) is 2.60. The standard InChI is InChI=1S/C14H16N2O3/c1-9-15-11-4-3-10(13(17)18)7-12(11)16(9)14(2)5-6-19-8-14/h3-4,7H,5-6,8H2,1-2H3,(H,17,18). The van der Waals surface area contributed by atoms with Gasteiger partial charge < -0.3 is 14.4 Å². The van der Waals surface area contributed by atoms with Crippen LogP contribution in [0.15, 0.2) is 18.2 Å². The molecule has 1 aromatic carbocycles. The molecule has 0 spiro atoms. The summed E-state index contributed by atoms with van der Waals surface area (Å²) < 4.78 is 7.61. The maximum atomic E-state index is 11.1. The number of fused-ring (bicyclic) bond motifs is 1. The van der Waals surface area contributed by atoms with E-state index in [0.29, 0.717) is 6.61 Å². The lowest BCUT2D eigenvalue weighted by atomic mass is 10.0. The van der Waals surface area contributed by atoms with Gasteiger partial charge in [0.25, 0.3) is 0 Å².